The Morgan fingerprint density at radius 3 is 2.67 bits per heavy atom. The van der Waals surface area contributed by atoms with Crippen molar-refractivity contribution in [3.63, 3.8) is 0 Å². The average Bonchev–Trinajstić information content (AvgIpc) is 3.22. The van der Waals surface area contributed by atoms with E-state index in [9.17, 15) is 0 Å². The van der Waals surface area contributed by atoms with E-state index in [0.717, 1.165) is 17.2 Å². The number of aryl methyl sites for hydroxylation is 1. The molecule has 0 saturated carbocycles. The van der Waals surface area contributed by atoms with Gasteiger partial charge in [0, 0.05) is 31.9 Å². The molecular formula is C16H12IrN7-. The van der Waals surface area contributed by atoms with Gasteiger partial charge in [0.2, 0.25) is 0 Å². The van der Waals surface area contributed by atoms with Crippen LogP contribution in [0.25, 0.3) is 23.0 Å². The van der Waals surface area contributed by atoms with Gasteiger partial charge in [0.05, 0.1) is 17.2 Å². The average molecular weight is 495 g/mol. The summed E-state index contributed by atoms with van der Waals surface area (Å²) in [6.07, 6.45) is 7.64. The quantitative estimate of drug-likeness (QED) is 0.408. The van der Waals surface area contributed by atoms with Gasteiger partial charge in [-0.1, -0.05) is 30.6 Å². The Kier molecular flexibility index (Phi) is 4.59. The van der Waals surface area contributed by atoms with Crippen LogP contribution in [0.3, 0.4) is 0 Å². The number of hydrogen-bond donors (Lipinski definition) is 0. The van der Waals surface area contributed by atoms with Crippen molar-refractivity contribution in [2.75, 3.05) is 0 Å². The fraction of sp³-hybridized carbons (Fsp3) is 0.0625. The summed E-state index contributed by atoms with van der Waals surface area (Å²) in [4.78, 5) is 8.22. The Balaban J connectivity index is 0.00000169. The van der Waals surface area contributed by atoms with Crippen molar-refractivity contribution in [3.05, 3.63) is 67.0 Å². The molecule has 0 unspecified atom stereocenters. The molecule has 0 spiro atoms. The van der Waals surface area contributed by atoms with Crippen molar-refractivity contribution in [1.82, 2.24) is 34.5 Å². The van der Waals surface area contributed by atoms with Crippen molar-refractivity contribution < 1.29 is 20.1 Å². The van der Waals surface area contributed by atoms with Crippen LogP contribution in [0.2, 0.25) is 0 Å². The minimum absolute atomic E-state index is 0. The van der Waals surface area contributed by atoms with Crippen LogP contribution >= 0.6 is 0 Å². The molecule has 1 radical (unpaired) electrons. The Labute approximate surface area is 151 Å². The van der Waals surface area contributed by atoms with Gasteiger partial charge in [0.15, 0.2) is 0 Å². The minimum Gasteiger partial charge on any atom is -0.389 e. The van der Waals surface area contributed by atoms with Crippen LogP contribution in [-0.4, -0.2) is 34.5 Å². The molecule has 4 rings (SSSR count). The van der Waals surface area contributed by atoms with Gasteiger partial charge in [-0.15, -0.1) is 0 Å². The molecule has 0 amide bonds. The smallest absolute Gasteiger partial charge is 0.132 e. The Morgan fingerprint density at radius 2 is 1.92 bits per heavy atom. The SMILES string of the molecule is Cc1cc(-n2cnnc2-c2[c-]nccn2)n(-c2ccccc2)n1.[Ir]. The van der Waals surface area contributed by atoms with E-state index in [1.165, 1.54) is 0 Å². The van der Waals surface area contributed by atoms with E-state index < -0.39 is 0 Å². The topological polar surface area (TPSA) is 74.3 Å². The third-order valence-corrected chi connectivity index (χ3v) is 3.34. The van der Waals surface area contributed by atoms with Gasteiger partial charge in [-0.2, -0.15) is 15.3 Å². The Hall–Kier alpha value is -2.70. The van der Waals surface area contributed by atoms with Crippen LogP contribution in [0.15, 0.2) is 55.1 Å². The van der Waals surface area contributed by atoms with Crippen molar-refractivity contribution >= 4 is 0 Å². The molecule has 0 aliphatic rings. The standard InChI is InChI=1S/C16H12N7.Ir/c1-12-9-15(23(21-12)13-5-3-2-4-6-13)22-11-19-20-16(22)14-10-17-7-8-18-14;/h2-9,11H,1H3;/q-1;. The summed E-state index contributed by atoms with van der Waals surface area (Å²) in [6, 6.07) is 11.9. The van der Waals surface area contributed by atoms with Gasteiger partial charge >= 0.3 is 0 Å². The van der Waals surface area contributed by atoms with Crippen LogP contribution in [0.5, 0.6) is 0 Å². The van der Waals surface area contributed by atoms with E-state index in [1.54, 1.807) is 18.7 Å². The monoisotopic (exact) mass is 495 g/mol. The molecule has 0 aliphatic heterocycles. The van der Waals surface area contributed by atoms with Crippen molar-refractivity contribution in [3.8, 4) is 23.0 Å². The molecule has 24 heavy (non-hydrogen) atoms. The molecule has 0 N–H and O–H groups in total. The molecule has 0 fully saturated rings. The van der Waals surface area contributed by atoms with Crippen molar-refractivity contribution in [2.24, 2.45) is 0 Å². The summed E-state index contributed by atoms with van der Waals surface area (Å²) < 4.78 is 3.67. The van der Waals surface area contributed by atoms with E-state index in [0.29, 0.717) is 11.5 Å². The second-order valence-electron chi connectivity index (χ2n) is 4.93. The fourth-order valence-electron chi connectivity index (χ4n) is 2.36. The van der Waals surface area contributed by atoms with Gasteiger partial charge < -0.3 is 9.55 Å². The van der Waals surface area contributed by atoms with E-state index in [-0.39, 0.29) is 20.1 Å². The number of hydrogen-bond acceptors (Lipinski definition) is 5. The van der Waals surface area contributed by atoms with E-state index >= 15 is 0 Å². The van der Waals surface area contributed by atoms with Gasteiger partial charge in [-0.05, 0) is 25.3 Å². The first kappa shape index (κ1) is 16.2. The molecule has 0 aliphatic carbocycles. The molecule has 8 heteroatoms. The summed E-state index contributed by atoms with van der Waals surface area (Å²) in [5.74, 6) is 1.39. The van der Waals surface area contributed by atoms with Crippen LogP contribution in [0, 0.1) is 13.1 Å². The van der Waals surface area contributed by atoms with E-state index in [1.807, 2.05) is 52.6 Å². The predicted octanol–water partition coefficient (Wildman–Crippen LogP) is 2.02. The zero-order valence-corrected chi connectivity index (χ0v) is 15.1. The first-order valence-electron chi connectivity index (χ1n) is 7.04. The summed E-state index contributed by atoms with van der Waals surface area (Å²) in [5.41, 5.74) is 2.38. The maximum absolute atomic E-state index is 4.57. The Morgan fingerprint density at radius 1 is 1.08 bits per heavy atom. The molecule has 3 heterocycles. The van der Waals surface area contributed by atoms with E-state index in [2.05, 4.69) is 31.5 Å². The number of rotatable bonds is 3. The summed E-state index contributed by atoms with van der Waals surface area (Å²) >= 11 is 0. The van der Waals surface area contributed by atoms with Crippen molar-refractivity contribution in [2.45, 2.75) is 6.92 Å². The molecule has 0 atom stereocenters. The first-order valence-corrected chi connectivity index (χ1v) is 7.04. The number of para-hydroxylation sites is 1. The molecule has 4 aromatic rings. The van der Waals surface area contributed by atoms with Gasteiger partial charge in [-0.25, -0.2) is 4.68 Å². The number of nitrogens with zero attached hydrogens (tertiary/aromatic N) is 7. The summed E-state index contributed by atoms with van der Waals surface area (Å²) in [5, 5.41) is 12.7. The normalized spacial score (nSPS) is 10.4. The zero-order chi connectivity index (χ0) is 15.6. The van der Waals surface area contributed by atoms with Crippen LogP contribution in [-0.2, 0) is 20.1 Å². The fourth-order valence-corrected chi connectivity index (χ4v) is 2.36. The third-order valence-electron chi connectivity index (χ3n) is 3.34. The molecule has 0 saturated heterocycles. The molecular weight excluding hydrogens is 482 g/mol. The molecule has 1 aromatic carbocycles. The van der Waals surface area contributed by atoms with Gasteiger partial charge in [0.1, 0.15) is 12.1 Å². The summed E-state index contributed by atoms with van der Waals surface area (Å²) in [7, 11) is 0. The summed E-state index contributed by atoms with van der Waals surface area (Å²) in [6.45, 7) is 1.95. The third kappa shape index (κ3) is 2.89. The number of benzene rings is 1. The number of aromatic nitrogens is 7. The van der Waals surface area contributed by atoms with E-state index in [4.69, 9.17) is 0 Å². The van der Waals surface area contributed by atoms with Crippen LogP contribution in [0.4, 0.5) is 0 Å². The maximum Gasteiger partial charge on any atom is 0.132 e. The van der Waals surface area contributed by atoms with Crippen LogP contribution in [0.1, 0.15) is 5.69 Å². The first-order chi connectivity index (χ1) is 11.3. The minimum atomic E-state index is 0. The largest absolute Gasteiger partial charge is 0.389 e. The molecule has 7 nitrogen and oxygen atoms in total. The Bertz CT molecular complexity index is 931. The predicted molar refractivity (Wildman–Crippen MR) is 83.1 cm³/mol. The molecule has 3 aromatic heterocycles. The van der Waals surface area contributed by atoms with Crippen LogP contribution < -0.4 is 0 Å². The second kappa shape index (κ2) is 6.82. The zero-order valence-electron chi connectivity index (χ0n) is 12.7. The maximum atomic E-state index is 4.57. The van der Waals surface area contributed by atoms with Gasteiger partial charge in [0.25, 0.3) is 0 Å². The van der Waals surface area contributed by atoms with Gasteiger partial charge in [-0.3, -0.25) is 4.98 Å². The second-order valence-corrected chi connectivity index (χ2v) is 4.93. The molecule has 121 valence electrons. The van der Waals surface area contributed by atoms with Crippen molar-refractivity contribution in [1.29, 1.82) is 0 Å². The molecule has 0 bridgehead atoms.